The summed E-state index contributed by atoms with van der Waals surface area (Å²) in [5.41, 5.74) is 1.36. The lowest BCUT2D eigenvalue weighted by atomic mass is 10.1. The van der Waals surface area contributed by atoms with Crippen molar-refractivity contribution in [3.63, 3.8) is 0 Å². The Morgan fingerprint density at radius 3 is 2.23 bits per heavy atom. The Morgan fingerprint density at radius 1 is 0.962 bits per heavy atom. The normalized spacial score (nSPS) is 10.8. The molecule has 0 fully saturated rings. The molecule has 0 aliphatic heterocycles. The predicted octanol–water partition coefficient (Wildman–Crippen LogP) is 2.00. The van der Waals surface area contributed by atoms with Gasteiger partial charge in [0.1, 0.15) is 5.82 Å². The van der Waals surface area contributed by atoms with Gasteiger partial charge in [0.05, 0.1) is 23.7 Å². The zero-order valence-corrected chi connectivity index (χ0v) is 13.9. The molecule has 3 rings (SSSR count). The van der Waals surface area contributed by atoms with Crippen LogP contribution in [0.25, 0.3) is 22.3 Å². The van der Waals surface area contributed by atoms with Crippen molar-refractivity contribution in [2.75, 3.05) is 31.2 Å². The molecule has 2 aromatic carbocycles. The minimum Gasteiger partial charge on any atom is -0.395 e. The quantitative estimate of drug-likeness (QED) is 0.493. The van der Waals surface area contributed by atoms with Crippen LogP contribution in [0.3, 0.4) is 0 Å². The number of fused-ring (bicyclic) bond motifs is 1. The summed E-state index contributed by atoms with van der Waals surface area (Å²) in [6.07, 6.45) is 0. The molecule has 0 aliphatic carbocycles. The van der Waals surface area contributed by atoms with Gasteiger partial charge in [-0.25, -0.2) is 9.97 Å². The van der Waals surface area contributed by atoms with Crippen LogP contribution in [0.4, 0.5) is 11.5 Å². The minimum atomic E-state index is -0.458. The van der Waals surface area contributed by atoms with Crippen LogP contribution in [0.2, 0.25) is 0 Å². The third kappa shape index (κ3) is 3.61. The van der Waals surface area contributed by atoms with Gasteiger partial charge >= 0.3 is 0 Å². The highest BCUT2D eigenvalue weighted by molar-refractivity contribution is 5.91. The number of nitrogens with zero attached hydrogens (tertiary/aromatic N) is 4. The molecule has 134 valence electrons. The molecule has 2 N–H and O–H groups in total. The van der Waals surface area contributed by atoms with E-state index in [9.17, 15) is 20.3 Å². The molecule has 0 radical (unpaired) electrons. The monoisotopic (exact) mass is 354 g/mol. The molecule has 8 nitrogen and oxygen atoms in total. The first-order valence-electron chi connectivity index (χ1n) is 8.12. The maximum atomic E-state index is 10.8. The summed E-state index contributed by atoms with van der Waals surface area (Å²) in [7, 11) is 0. The Balaban J connectivity index is 2.13. The van der Waals surface area contributed by atoms with Gasteiger partial charge in [0, 0.05) is 36.2 Å². The van der Waals surface area contributed by atoms with E-state index in [0.29, 0.717) is 35.8 Å². The van der Waals surface area contributed by atoms with Gasteiger partial charge in [0.25, 0.3) is 5.69 Å². The standard InChI is InChI=1S/C18H18N4O4/c23-11-9-21(10-12-24)18-15-3-1-2-4-16(15)19-17(20-18)13-5-7-14(8-6-13)22(25)26/h1-8,23-24H,9-12H2. The first-order valence-corrected chi connectivity index (χ1v) is 8.12. The number of nitro benzene ring substituents is 1. The summed E-state index contributed by atoms with van der Waals surface area (Å²) in [5, 5.41) is 30.3. The van der Waals surface area contributed by atoms with Crippen molar-refractivity contribution in [2.45, 2.75) is 0 Å². The molecule has 0 bridgehead atoms. The summed E-state index contributed by atoms with van der Waals surface area (Å²) in [4.78, 5) is 21.3. The molecule has 0 spiro atoms. The topological polar surface area (TPSA) is 113 Å². The largest absolute Gasteiger partial charge is 0.395 e. The minimum absolute atomic E-state index is 0.00282. The van der Waals surface area contributed by atoms with E-state index in [1.54, 1.807) is 17.0 Å². The van der Waals surface area contributed by atoms with Crippen molar-refractivity contribution in [2.24, 2.45) is 0 Å². The Hall–Kier alpha value is -3.10. The number of benzene rings is 2. The molecule has 0 amide bonds. The van der Waals surface area contributed by atoms with Crippen LogP contribution in [0.1, 0.15) is 0 Å². The van der Waals surface area contributed by atoms with Crippen molar-refractivity contribution in [1.82, 2.24) is 9.97 Å². The fourth-order valence-corrected chi connectivity index (χ4v) is 2.73. The fraction of sp³-hybridized carbons (Fsp3) is 0.222. The van der Waals surface area contributed by atoms with Gasteiger partial charge in [-0.2, -0.15) is 0 Å². The zero-order valence-electron chi connectivity index (χ0n) is 13.9. The Morgan fingerprint density at radius 2 is 1.62 bits per heavy atom. The molecule has 3 aromatic rings. The summed E-state index contributed by atoms with van der Waals surface area (Å²) in [5.74, 6) is 1.03. The lowest BCUT2D eigenvalue weighted by Crippen LogP contribution is -2.30. The van der Waals surface area contributed by atoms with Crippen LogP contribution < -0.4 is 4.90 Å². The molecular formula is C18H18N4O4. The number of hydrogen-bond donors (Lipinski definition) is 2. The van der Waals surface area contributed by atoms with Crippen molar-refractivity contribution < 1.29 is 15.1 Å². The Bertz CT molecular complexity index is 909. The highest BCUT2D eigenvalue weighted by atomic mass is 16.6. The van der Waals surface area contributed by atoms with Crippen LogP contribution in [0.5, 0.6) is 0 Å². The van der Waals surface area contributed by atoms with Gasteiger partial charge in [-0.15, -0.1) is 0 Å². The Kier molecular flexibility index (Phi) is 5.35. The SMILES string of the molecule is O=[N+]([O-])c1ccc(-c2nc(N(CCO)CCO)c3ccccc3n2)cc1. The van der Waals surface area contributed by atoms with Gasteiger partial charge in [-0.3, -0.25) is 10.1 Å². The highest BCUT2D eigenvalue weighted by Crippen LogP contribution is 2.28. The molecule has 0 saturated heterocycles. The number of aliphatic hydroxyl groups is 2. The second kappa shape index (κ2) is 7.85. The average Bonchev–Trinajstić information content (AvgIpc) is 2.67. The number of hydrogen-bond acceptors (Lipinski definition) is 7. The van der Waals surface area contributed by atoms with Gasteiger partial charge in [-0.05, 0) is 24.3 Å². The number of para-hydroxylation sites is 1. The van der Waals surface area contributed by atoms with Crippen LogP contribution in [-0.2, 0) is 0 Å². The maximum absolute atomic E-state index is 10.8. The van der Waals surface area contributed by atoms with Crippen molar-refractivity contribution in [3.05, 3.63) is 58.6 Å². The smallest absolute Gasteiger partial charge is 0.269 e. The van der Waals surface area contributed by atoms with Crippen LogP contribution in [0.15, 0.2) is 48.5 Å². The van der Waals surface area contributed by atoms with Crippen molar-refractivity contribution in [3.8, 4) is 11.4 Å². The van der Waals surface area contributed by atoms with Gasteiger partial charge in [-0.1, -0.05) is 12.1 Å². The van der Waals surface area contributed by atoms with Crippen LogP contribution in [0, 0.1) is 10.1 Å². The van der Waals surface area contributed by atoms with Gasteiger partial charge in [0.2, 0.25) is 0 Å². The molecule has 1 aromatic heterocycles. The number of nitro groups is 1. The van der Waals surface area contributed by atoms with Gasteiger partial charge in [0.15, 0.2) is 5.82 Å². The number of rotatable bonds is 7. The molecule has 0 saturated carbocycles. The van der Waals surface area contributed by atoms with Crippen molar-refractivity contribution >= 4 is 22.4 Å². The molecule has 26 heavy (non-hydrogen) atoms. The van der Waals surface area contributed by atoms with E-state index in [-0.39, 0.29) is 18.9 Å². The summed E-state index contributed by atoms with van der Waals surface area (Å²) < 4.78 is 0. The molecule has 0 atom stereocenters. The Labute approximate surface area is 149 Å². The van der Waals surface area contributed by atoms with Gasteiger partial charge < -0.3 is 15.1 Å². The van der Waals surface area contributed by atoms with E-state index < -0.39 is 4.92 Å². The van der Waals surface area contributed by atoms with E-state index in [0.717, 1.165) is 5.39 Å². The number of aromatic nitrogens is 2. The first kappa shape index (κ1) is 17.7. The molecule has 8 heteroatoms. The van der Waals surface area contributed by atoms with Crippen molar-refractivity contribution in [1.29, 1.82) is 0 Å². The van der Waals surface area contributed by atoms with Crippen LogP contribution in [-0.4, -0.2) is 51.4 Å². The summed E-state index contributed by atoms with van der Waals surface area (Å²) >= 11 is 0. The lowest BCUT2D eigenvalue weighted by Gasteiger charge is -2.23. The van der Waals surface area contributed by atoms with E-state index >= 15 is 0 Å². The second-order valence-electron chi connectivity index (χ2n) is 5.63. The molecule has 1 heterocycles. The summed E-state index contributed by atoms with van der Waals surface area (Å²) in [6.45, 7) is 0.485. The molecule has 0 unspecified atom stereocenters. The number of anilines is 1. The lowest BCUT2D eigenvalue weighted by molar-refractivity contribution is -0.384. The zero-order chi connectivity index (χ0) is 18.5. The number of aliphatic hydroxyl groups excluding tert-OH is 2. The maximum Gasteiger partial charge on any atom is 0.269 e. The molecule has 0 aliphatic rings. The van der Waals surface area contributed by atoms with E-state index in [1.807, 2.05) is 24.3 Å². The predicted molar refractivity (Wildman–Crippen MR) is 98.0 cm³/mol. The average molecular weight is 354 g/mol. The number of non-ortho nitro benzene ring substituents is 1. The fourth-order valence-electron chi connectivity index (χ4n) is 2.73. The third-order valence-electron chi connectivity index (χ3n) is 3.96. The second-order valence-corrected chi connectivity index (χ2v) is 5.63. The van der Waals surface area contributed by atoms with Crippen LogP contribution >= 0.6 is 0 Å². The van der Waals surface area contributed by atoms with E-state index in [2.05, 4.69) is 9.97 Å². The van der Waals surface area contributed by atoms with E-state index in [1.165, 1.54) is 12.1 Å². The van der Waals surface area contributed by atoms with E-state index in [4.69, 9.17) is 0 Å². The molecular weight excluding hydrogens is 336 g/mol. The third-order valence-corrected chi connectivity index (χ3v) is 3.96. The first-order chi connectivity index (χ1) is 12.6. The highest BCUT2D eigenvalue weighted by Gasteiger charge is 2.15. The summed E-state index contributed by atoms with van der Waals surface area (Å²) in [6, 6.07) is 13.5.